The lowest BCUT2D eigenvalue weighted by atomic mass is 10.0. The van der Waals surface area contributed by atoms with Gasteiger partial charge in [-0.15, -0.1) is 0 Å². The largest absolute Gasteiger partial charge is 0.359 e. The summed E-state index contributed by atoms with van der Waals surface area (Å²) in [5.41, 5.74) is 4.32. The van der Waals surface area contributed by atoms with Crippen LogP contribution in [0.2, 0.25) is 0 Å². The van der Waals surface area contributed by atoms with E-state index in [0.717, 1.165) is 22.6 Å². The summed E-state index contributed by atoms with van der Waals surface area (Å²) in [6, 6.07) is 21.3. The number of benzene rings is 2. The maximum absolute atomic E-state index is 13.1. The van der Waals surface area contributed by atoms with Crippen molar-refractivity contribution in [2.45, 2.75) is 13.1 Å². The minimum absolute atomic E-state index is 0.0242. The molecule has 2 aromatic carbocycles. The molecule has 3 aromatic rings. The molecule has 4 rings (SSSR count). The van der Waals surface area contributed by atoms with Crippen LogP contribution >= 0.6 is 0 Å². The molecule has 0 fully saturated rings. The molecule has 4 nitrogen and oxygen atoms in total. The molecule has 4 heteroatoms. The summed E-state index contributed by atoms with van der Waals surface area (Å²) >= 11 is 0. The molecule has 1 aromatic heterocycles. The molecule has 0 saturated heterocycles. The zero-order valence-corrected chi connectivity index (χ0v) is 13.3. The maximum atomic E-state index is 13.1. The normalized spacial score (nSPS) is 16.5. The fourth-order valence-corrected chi connectivity index (χ4v) is 2.97. The molecule has 0 aliphatic carbocycles. The van der Waals surface area contributed by atoms with Crippen molar-refractivity contribution in [2.24, 2.45) is 0 Å². The first-order valence-corrected chi connectivity index (χ1v) is 7.91. The second-order valence-corrected chi connectivity index (χ2v) is 5.86. The summed E-state index contributed by atoms with van der Waals surface area (Å²) in [5.74, 6) is -0.0242. The van der Waals surface area contributed by atoms with Crippen LogP contribution in [-0.2, 0) is 0 Å². The topological polar surface area (TPSA) is 45.2 Å². The van der Waals surface area contributed by atoms with Crippen molar-refractivity contribution >= 4 is 17.3 Å². The molecular weight excluding hydrogens is 298 g/mol. The maximum Gasteiger partial charge on any atom is 0.262 e. The van der Waals surface area contributed by atoms with Crippen LogP contribution in [0.3, 0.4) is 0 Å². The highest BCUT2D eigenvalue weighted by molar-refractivity contribution is 6.12. The first-order chi connectivity index (χ1) is 11.7. The first-order valence-electron chi connectivity index (χ1n) is 7.91. The van der Waals surface area contributed by atoms with Crippen LogP contribution in [0, 0.1) is 6.92 Å². The number of rotatable bonds is 2. The average molecular weight is 315 g/mol. The monoisotopic (exact) mass is 315 g/mol. The lowest BCUT2D eigenvalue weighted by Gasteiger charge is -2.37. The molecular formula is C20H17N3O. The molecule has 1 atom stereocenters. The van der Waals surface area contributed by atoms with Gasteiger partial charge in [-0.25, -0.2) is 0 Å². The Bertz CT molecular complexity index is 875. The molecule has 0 saturated carbocycles. The van der Waals surface area contributed by atoms with Gasteiger partial charge in [-0.1, -0.05) is 35.9 Å². The molecule has 1 aliphatic heterocycles. The molecule has 24 heavy (non-hydrogen) atoms. The molecule has 0 bridgehead atoms. The molecule has 0 spiro atoms. The smallest absolute Gasteiger partial charge is 0.262 e. The number of pyridine rings is 1. The number of hydrogen-bond donors (Lipinski definition) is 1. The highest BCUT2D eigenvalue weighted by Crippen LogP contribution is 2.35. The quantitative estimate of drug-likeness (QED) is 0.772. The summed E-state index contributed by atoms with van der Waals surface area (Å²) in [7, 11) is 0. The number of hydrogen-bond acceptors (Lipinski definition) is 3. The standard InChI is InChI=1S/C20H17N3O/c1-14-9-11-15(12-10-14)23-19(18-8-4-5-13-21-18)22-17-7-3-2-6-16(17)20(23)24/h2-13,19,22H,1H3/t19-/m1/s1. The number of fused-ring (bicyclic) bond motifs is 1. The van der Waals surface area contributed by atoms with Gasteiger partial charge in [-0.05, 0) is 43.3 Å². The molecule has 0 unspecified atom stereocenters. The number of nitrogens with one attached hydrogen (secondary N) is 1. The van der Waals surface area contributed by atoms with Crippen molar-refractivity contribution in [1.29, 1.82) is 0 Å². The van der Waals surface area contributed by atoms with Crippen molar-refractivity contribution in [3.8, 4) is 0 Å². The van der Waals surface area contributed by atoms with Crippen LogP contribution in [-0.4, -0.2) is 10.9 Å². The number of aromatic nitrogens is 1. The van der Waals surface area contributed by atoms with Crippen molar-refractivity contribution in [2.75, 3.05) is 10.2 Å². The van der Waals surface area contributed by atoms with Gasteiger partial charge in [0.15, 0.2) is 6.17 Å². The van der Waals surface area contributed by atoms with E-state index in [1.54, 1.807) is 11.1 Å². The Morgan fingerprint density at radius 2 is 1.71 bits per heavy atom. The van der Waals surface area contributed by atoms with Gasteiger partial charge in [0.2, 0.25) is 0 Å². The van der Waals surface area contributed by atoms with Gasteiger partial charge >= 0.3 is 0 Å². The molecule has 1 N–H and O–H groups in total. The Labute approximate surface area is 140 Å². The van der Waals surface area contributed by atoms with Crippen LogP contribution in [0.1, 0.15) is 27.8 Å². The van der Waals surface area contributed by atoms with Crippen LogP contribution < -0.4 is 10.2 Å². The van der Waals surface area contributed by atoms with Crippen molar-refractivity contribution in [3.05, 3.63) is 89.7 Å². The SMILES string of the molecule is Cc1ccc(N2C(=O)c3ccccc3N[C@H]2c2ccccn2)cc1. The number of carbonyl (C=O) groups is 1. The van der Waals surface area contributed by atoms with Gasteiger partial charge in [0.05, 0.1) is 11.3 Å². The summed E-state index contributed by atoms with van der Waals surface area (Å²) < 4.78 is 0. The second-order valence-electron chi connectivity index (χ2n) is 5.86. The summed E-state index contributed by atoms with van der Waals surface area (Å²) in [4.78, 5) is 19.4. The molecule has 2 heterocycles. The van der Waals surface area contributed by atoms with E-state index in [9.17, 15) is 4.79 Å². The Hall–Kier alpha value is -3.14. The fraction of sp³-hybridized carbons (Fsp3) is 0.100. The van der Waals surface area contributed by atoms with E-state index in [4.69, 9.17) is 0 Å². The van der Waals surface area contributed by atoms with Crippen molar-refractivity contribution < 1.29 is 4.79 Å². The van der Waals surface area contributed by atoms with Crippen LogP contribution in [0.5, 0.6) is 0 Å². The van der Waals surface area contributed by atoms with E-state index < -0.39 is 0 Å². The fourth-order valence-electron chi connectivity index (χ4n) is 2.97. The second kappa shape index (κ2) is 5.81. The van der Waals surface area contributed by atoms with Gasteiger partial charge in [0, 0.05) is 17.6 Å². The van der Waals surface area contributed by atoms with Crippen molar-refractivity contribution in [1.82, 2.24) is 4.98 Å². The third-order valence-electron chi connectivity index (χ3n) is 4.21. The van der Waals surface area contributed by atoms with Crippen LogP contribution in [0.4, 0.5) is 11.4 Å². The summed E-state index contributed by atoms with van der Waals surface area (Å²) in [6.45, 7) is 2.03. The number of para-hydroxylation sites is 1. The third kappa shape index (κ3) is 2.42. The van der Waals surface area contributed by atoms with E-state index in [2.05, 4.69) is 10.3 Å². The summed E-state index contributed by atoms with van der Waals surface area (Å²) in [5, 5.41) is 3.45. The van der Waals surface area contributed by atoms with Crippen molar-refractivity contribution in [3.63, 3.8) is 0 Å². The summed E-state index contributed by atoms with van der Waals surface area (Å²) in [6.07, 6.45) is 1.41. The van der Waals surface area contributed by atoms with E-state index >= 15 is 0 Å². The van der Waals surface area contributed by atoms with E-state index in [-0.39, 0.29) is 12.1 Å². The lowest BCUT2D eigenvalue weighted by molar-refractivity contribution is 0.0974. The zero-order chi connectivity index (χ0) is 16.5. The minimum Gasteiger partial charge on any atom is -0.359 e. The van der Waals surface area contributed by atoms with E-state index in [1.165, 1.54) is 0 Å². The first kappa shape index (κ1) is 14.5. The zero-order valence-electron chi connectivity index (χ0n) is 13.3. The van der Waals surface area contributed by atoms with Gasteiger partial charge in [0.25, 0.3) is 5.91 Å². The average Bonchev–Trinajstić information content (AvgIpc) is 2.63. The number of anilines is 2. The Morgan fingerprint density at radius 1 is 0.958 bits per heavy atom. The van der Waals surface area contributed by atoms with Gasteiger partial charge < -0.3 is 5.32 Å². The molecule has 1 aliphatic rings. The van der Waals surface area contributed by atoms with Gasteiger partial charge in [0.1, 0.15) is 0 Å². The Morgan fingerprint density at radius 3 is 2.46 bits per heavy atom. The van der Waals surface area contributed by atoms with Crippen LogP contribution in [0.15, 0.2) is 72.9 Å². The number of aryl methyl sites for hydroxylation is 1. The molecule has 0 radical (unpaired) electrons. The minimum atomic E-state index is -0.337. The number of nitrogens with zero attached hydrogens (tertiary/aromatic N) is 2. The Balaban J connectivity index is 1.86. The number of carbonyl (C=O) groups excluding carboxylic acids is 1. The van der Waals surface area contributed by atoms with Gasteiger partial charge in [-0.2, -0.15) is 0 Å². The van der Waals surface area contributed by atoms with Gasteiger partial charge in [-0.3, -0.25) is 14.7 Å². The lowest BCUT2D eigenvalue weighted by Crippen LogP contribution is -2.43. The predicted molar refractivity (Wildman–Crippen MR) is 95.0 cm³/mol. The Kier molecular flexibility index (Phi) is 3.50. The van der Waals surface area contributed by atoms with E-state index in [0.29, 0.717) is 5.56 Å². The predicted octanol–water partition coefficient (Wildman–Crippen LogP) is 4.16. The highest BCUT2D eigenvalue weighted by Gasteiger charge is 2.34. The number of amides is 1. The van der Waals surface area contributed by atoms with Crippen LogP contribution in [0.25, 0.3) is 0 Å². The molecule has 1 amide bonds. The highest BCUT2D eigenvalue weighted by atomic mass is 16.2. The van der Waals surface area contributed by atoms with E-state index in [1.807, 2.05) is 73.7 Å². The molecule has 118 valence electrons. The third-order valence-corrected chi connectivity index (χ3v) is 4.21.